The number of aromatic nitrogens is 1. The Balaban J connectivity index is 0.00000180. The van der Waals surface area contributed by atoms with E-state index in [9.17, 15) is 0 Å². The van der Waals surface area contributed by atoms with Crippen LogP contribution in [0.3, 0.4) is 0 Å². The Morgan fingerprint density at radius 3 is 2.95 bits per heavy atom. The lowest BCUT2D eigenvalue weighted by Crippen LogP contribution is -2.33. The molecule has 0 aromatic carbocycles. The first kappa shape index (κ1) is 16.4. The predicted molar refractivity (Wildman–Crippen MR) is 82.6 cm³/mol. The Morgan fingerprint density at radius 2 is 2.32 bits per heavy atom. The quantitative estimate of drug-likeness (QED) is 0.870. The maximum Gasteiger partial charge on any atom is 0.0543 e. The fourth-order valence-electron chi connectivity index (χ4n) is 2.61. The summed E-state index contributed by atoms with van der Waals surface area (Å²) in [6.07, 6.45) is 5.94. The average molecular weight is 284 g/mol. The molecule has 0 spiro atoms. The molecule has 1 aliphatic rings. The van der Waals surface area contributed by atoms with Crippen molar-refractivity contribution in [2.24, 2.45) is 5.92 Å². The Hall–Kier alpha value is -0.640. The van der Waals surface area contributed by atoms with E-state index in [1.807, 2.05) is 12.3 Å². The second-order valence-electron chi connectivity index (χ2n) is 5.19. The minimum Gasteiger partial charge on any atom is -0.316 e. The molecule has 1 atom stereocenters. The topological polar surface area (TPSA) is 28.2 Å². The molecule has 0 bridgehead atoms. The van der Waals surface area contributed by atoms with Crippen LogP contribution in [0.1, 0.15) is 31.9 Å². The lowest BCUT2D eigenvalue weighted by atomic mass is 9.96. The van der Waals surface area contributed by atoms with Gasteiger partial charge in [0.25, 0.3) is 0 Å². The third kappa shape index (κ3) is 5.89. The zero-order chi connectivity index (χ0) is 12.6. The number of halogens is 1. The van der Waals surface area contributed by atoms with Crippen LogP contribution in [0.15, 0.2) is 24.4 Å². The molecule has 2 heterocycles. The summed E-state index contributed by atoms with van der Waals surface area (Å²) in [5, 5.41) is 3.50. The highest BCUT2D eigenvalue weighted by molar-refractivity contribution is 5.85. The fraction of sp³-hybridized carbons (Fsp3) is 0.667. The first-order valence-electron chi connectivity index (χ1n) is 7.21. The minimum absolute atomic E-state index is 0. The predicted octanol–water partition coefficient (Wildman–Crippen LogP) is 2.72. The molecule has 1 aromatic rings. The van der Waals surface area contributed by atoms with Gasteiger partial charge in [0.1, 0.15) is 0 Å². The maximum atomic E-state index is 4.41. The molecule has 3 nitrogen and oxygen atoms in total. The van der Waals surface area contributed by atoms with E-state index in [4.69, 9.17) is 0 Å². The first-order chi connectivity index (χ1) is 8.88. The summed E-state index contributed by atoms with van der Waals surface area (Å²) in [6.45, 7) is 7.94. The van der Waals surface area contributed by atoms with Gasteiger partial charge in [-0.3, -0.25) is 9.88 Å². The Labute approximate surface area is 123 Å². The van der Waals surface area contributed by atoms with Crippen LogP contribution in [0.2, 0.25) is 0 Å². The van der Waals surface area contributed by atoms with Crippen LogP contribution in [0.4, 0.5) is 0 Å². The van der Waals surface area contributed by atoms with Gasteiger partial charge in [-0.25, -0.2) is 0 Å². The molecule has 0 aliphatic carbocycles. The third-order valence-corrected chi connectivity index (χ3v) is 3.81. The lowest BCUT2D eigenvalue weighted by molar-refractivity contribution is 0.237. The van der Waals surface area contributed by atoms with Gasteiger partial charge in [0, 0.05) is 12.7 Å². The van der Waals surface area contributed by atoms with Gasteiger partial charge >= 0.3 is 0 Å². The fourth-order valence-corrected chi connectivity index (χ4v) is 2.61. The second kappa shape index (κ2) is 9.29. The van der Waals surface area contributed by atoms with E-state index in [1.54, 1.807) is 0 Å². The number of nitrogens with one attached hydrogen (secondary N) is 1. The molecule has 1 aromatic heterocycles. The molecule has 108 valence electrons. The normalized spacial score (nSPS) is 19.2. The molecule has 4 heteroatoms. The van der Waals surface area contributed by atoms with Crippen LogP contribution < -0.4 is 5.32 Å². The molecule has 1 unspecified atom stereocenters. The summed E-state index contributed by atoms with van der Waals surface area (Å²) >= 11 is 0. The highest BCUT2D eigenvalue weighted by Crippen LogP contribution is 2.15. The Morgan fingerprint density at radius 1 is 1.42 bits per heavy atom. The monoisotopic (exact) mass is 283 g/mol. The zero-order valence-corrected chi connectivity index (χ0v) is 12.7. The van der Waals surface area contributed by atoms with Crippen LogP contribution in [0.5, 0.6) is 0 Å². The average Bonchev–Trinajstić information content (AvgIpc) is 2.45. The number of hydrogen-bond donors (Lipinski definition) is 1. The van der Waals surface area contributed by atoms with Crippen molar-refractivity contribution >= 4 is 12.4 Å². The van der Waals surface area contributed by atoms with Crippen molar-refractivity contribution in [2.45, 2.75) is 32.7 Å². The van der Waals surface area contributed by atoms with Crippen molar-refractivity contribution in [3.8, 4) is 0 Å². The molecular formula is C15H26ClN3. The summed E-state index contributed by atoms with van der Waals surface area (Å²) < 4.78 is 0. The van der Waals surface area contributed by atoms with Crippen molar-refractivity contribution in [2.75, 3.05) is 26.2 Å². The van der Waals surface area contributed by atoms with E-state index >= 15 is 0 Å². The van der Waals surface area contributed by atoms with Gasteiger partial charge in [-0.05, 0) is 63.5 Å². The van der Waals surface area contributed by atoms with Crippen LogP contribution in [0, 0.1) is 5.92 Å². The van der Waals surface area contributed by atoms with E-state index in [-0.39, 0.29) is 12.4 Å². The Bertz CT molecular complexity index is 325. The molecule has 19 heavy (non-hydrogen) atoms. The molecule has 0 radical (unpaired) electrons. The summed E-state index contributed by atoms with van der Waals surface area (Å²) in [5.74, 6) is 0.872. The molecule has 1 saturated heterocycles. The van der Waals surface area contributed by atoms with Crippen LogP contribution in [-0.2, 0) is 6.54 Å². The number of nitrogens with zero attached hydrogens (tertiary/aromatic N) is 2. The number of hydrogen-bond acceptors (Lipinski definition) is 3. The number of pyridine rings is 1. The van der Waals surface area contributed by atoms with Crippen molar-refractivity contribution in [1.82, 2.24) is 15.2 Å². The van der Waals surface area contributed by atoms with Gasteiger partial charge in [0.2, 0.25) is 0 Å². The van der Waals surface area contributed by atoms with Gasteiger partial charge in [-0.15, -0.1) is 12.4 Å². The van der Waals surface area contributed by atoms with E-state index in [0.29, 0.717) is 0 Å². The lowest BCUT2D eigenvalue weighted by Gasteiger charge is -2.26. The van der Waals surface area contributed by atoms with Gasteiger partial charge in [0.15, 0.2) is 0 Å². The SMILES string of the molecule is CCN(CCC1CCCNC1)Cc1ccccn1.Cl. The van der Waals surface area contributed by atoms with Gasteiger partial charge in [-0.1, -0.05) is 13.0 Å². The third-order valence-electron chi connectivity index (χ3n) is 3.81. The van der Waals surface area contributed by atoms with E-state index in [0.717, 1.165) is 19.0 Å². The van der Waals surface area contributed by atoms with Crippen molar-refractivity contribution < 1.29 is 0 Å². The van der Waals surface area contributed by atoms with Crippen LogP contribution in [-0.4, -0.2) is 36.1 Å². The standard InChI is InChI=1S/C15H25N3.ClH/c1-2-18(13-15-7-3-4-10-17-15)11-8-14-6-5-9-16-12-14;/h3-4,7,10,14,16H,2,5-6,8-9,11-13H2,1H3;1H. The molecule has 1 aliphatic heterocycles. The van der Waals surface area contributed by atoms with Crippen molar-refractivity contribution in [3.05, 3.63) is 30.1 Å². The van der Waals surface area contributed by atoms with E-state index < -0.39 is 0 Å². The molecular weight excluding hydrogens is 258 g/mol. The van der Waals surface area contributed by atoms with Gasteiger partial charge < -0.3 is 5.32 Å². The van der Waals surface area contributed by atoms with Gasteiger partial charge in [0.05, 0.1) is 5.69 Å². The first-order valence-corrected chi connectivity index (χ1v) is 7.21. The highest BCUT2D eigenvalue weighted by Gasteiger charge is 2.14. The smallest absolute Gasteiger partial charge is 0.0543 e. The zero-order valence-electron chi connectivity index (χ0n) is 11.8. The number of piperidine rings is 1. The van der Waals surface area contributed by atoms with Crippen molar-refractivity contribution in [3.63, 3.8) is 0 Å². The van der Waals surface area contributed by atoms with Crippen LogP contribution in [0.25, 0.3) is 0 Å². The summed E-state index contributed by atoms with van der Waals surface area (Å²) in [6, 6.07) is 6.17. The van der Waals surface area contributed by atoms with Crippen LogP contribution >= 0.6 is 12.4 Å². The molecule has 0 amide bonds. The molecule has 2 rings (SSSR count). The molecule has 0 saturated carbocycles. The van der Waals surface area contributed by atoms with Gasteiger partial charge in [-0.2, -0.15) is 0 Å². The minimum atomic E-state index is 0. The maximum absolute atomic E-state index is 4.41. The summed E-state index contributed by atoms with van der Waals surface area (Å²) in [4.78, 5) is 6.90. The summed E-state index contributed by atoms with van der Waals surface area (Å²) in [5.41, 5.74) is 1.18. The molecule has 1 N–H and O–H groups in total. The van der Waals surface area contributed by atoms with E-state index in [2.05, 4.69) is 34.3 Å². The van der Waals surface area contributed by atoms with E-state index in [1.165, 1.54) is 44.6 Å². The largest absolute Gasteiger partial charge is 0.316 e. The summed E-state index contributed by atoms with van der Waals surface area (Å²) in [7, 11) is 0. The highest BCUT2D eigenvalue weighted by atomic mass is 35.5. The second-order valence-corrected chi connectivity index (χ2v) is 5.19. The Kier molecular flexibility index (Phi) is 8.03. The molecule has 1 fully saturated rings. The number of rotatable bonds is 6. The van der Waals surface area contributed by atoms with Crippen molar-refractivity contribution in [1.29, 1.82) is 0 Å².